The zero-order valence-corrected chi connectivity index (χ0v) is 17.5. The van der Waals surface area contributed by atoms with Crippen LogP contribution in [0.1, 0.15) is 36.0 Å². The van der Waals surface area contributed by atoms with E-state index < -0.39 is 0 Å². The average Bonchev–Trinajstić information content (AvgIpc) is 3.47. The van der Waals surface area contributed by atoms with Crippen LogP contribution in [0, 0.1) is 17.8 Å². The summed E-state index contributed by atoms with van der Waals surface area (Å²) in [6.45, 7) is 2.61. The molecule has 2 aromatic rings. The molecular formula is C24H31N3O2. The number of rotatable bonds is 5. The van der Waals surface area contributed by atoms with Crippen LogP contribution in [0.25, 0.3) is 10.9 Å². The molecule has 5 rings (SSSR count). The van der Waals surface area contributed by atoms with Gasteiger partial charge in [0.2, 0.25) is 0 Å². The lowest BCUT2D eigenvalue weighted by Gasteiger charge is -2.41. The summed E-state index contributed by atoms with van der Waals surface area (Å²) in [5.74, 6) is 2.02. The first-order chi connectivity index (χ1) is 14.1. The third kappa shape index (κ3) is 3.78. The molecule has 2 saturated carbocycles. The van der Waals surface area contributed by atoms with E-state index in [1.807, 2.05) is 30.3 Å². The first-order valence-corrected chi connectivity index (χ1v) is 11.0. The lowest BCUT2D eigenvalue weighted by molar-refractivity contribution is -0.0493. The second kappa shape index (κ2) is 7.69. The van der Waals surface area contributed by atoms with E-state index in [-0.39, 0.29) is 5.91 Å². The maximum absolute atomic E-state index is 13.4. The van der Waals surface area contributed by atoms with Crippen molar-refractivity contribution in [3.63, 3.8) is 0 Å². The minimum Gasteiger partial charge on any atom is -0.376 e. The van der Waals surface area contributed by atoms with Crippen molar-refractivity contribution in [2.24, 2.45) is 17.8 Å². The Labute approximate surface area is 173 Å². The highest BCUT2D eigenvalue weighted by Crippen LogP contribution is 2.40. The zero-order valence-electron chi connectivity index (χ0n) is 17.5. The Bertz CT molecular complexity index is 889. The highest BCUT2D eigenvalue weighted by atomic mass is 16.5. The molecule has 0 spiro atoms. The van der Waals surface area contributed by atoms with Gasteiger partial charge in [-0.05, 0) is 69.7 Å². The summed E-state index contributed by atoms with van der Waals surface area (Å²) in [5, 5.41) is 1.02. The summed E-state index contributed by atoms with van der Waals surface area (Å²) in [6.07, 6.45) is 6.90. The lowest BCUT2D eigenvalue weighted by atomic mass is 9.77. The zero-order chi connectivity index (χ0) is 20.0. The first kappa shape index (κ1) is 19.0. The fraction of sp³-hybridized carbons (Fsp3) is 0.583. The van der Waals surface area contributed by atoms with Crippen molar-refractivity contribution in [2.45, 2.75) is 37.8 Å². The van der Waals surface area contributed by atoms with E-state index >= 15 is 0 Å². The molecule has 2 heterocycles. The van der Waals surface area contributed by atoms with Crippen molar-refractivity contribution < 1.29 is 9.53 Å². The van der Waals surface area contributed by atoms with E-state index in [9.17, 15) is 4.79 Å². The number of ether oxygens (including phenoxy) is 1. The van der Waals surface area contributed by atoms with Crippen molar-refractivity contribution in [1.82, 2.24) is 14.8 Å². The Morgan fingerprint density at radius 2 is 1.90 bits per heavy atom. The predicted octanol–water partition coefficient (Wildman–Crippen LogP) is 3.44. The van der Waals surface area contributed by atoms with Crippen LogP contribution >= 0.6 is 0 Å². The van der Waals surface area contributed by atoms with Gasteiger partial charge in [0.15, 0.2) is 0 Å². The highest BCUT2D eigenvalue weighted by molar-refractivity contribution is 6.05. The van der Waals surface area contributed by atoms with Crippen LogP contribution in [0.15, 0.2) is 36.5 Å². The van der Waals surface area contributed by atoms with Gasteiger partial charge in [-0.25, -0.2) is 0 Å². The Morgan fingerprint density at radius 1 is 1.14 bits per heavy atom. The number of aromatic nitrogens is 1. The van der Waals surface area contributed by atoms with Gasteiger partial charge in [0.25, 0.3) is 5.91 Å². The van der Waals surface area contributed by atoms with Gasteiger partial charge in [-0.1, -0.05) is 18.2 Å². The summed E-state index contributed by atoms with van der Waals surface area (Å²) >= 11 is 0. The number of nitrogens with zero attached hydrogens (tertiary/aromatic N) is 3. The van der Waals surface area contributed by atoms with Crippen LogP contribution in [-0.2, 0) is 4.74 Å². The Hall–Kier alpha value is -1.98. The van der Waals surface area contributed by atoms with Crippen LogP contribution in [0.3, 0.4) is 0 Å². The summed E-state index contributed by atoms with van der Waals surface area (Å²) in [4.78, 5) is 22.2. The fourth-order valence-electron chi connectivity index (χ4n) is 5.27. The molecule has 0 bridgehead atoms. The van der Waals surface area contributed by atoms with E-state index in [4.69, 9.17) is 4.74 Å². The maximum atomic E-state index is 13.4. The van der Waals surface area contributed by atoms with E-state index in [2.05, 4.69) is 28.9 Å². The number of likely N-dealkylation sites (tertiary alicyclic amines) is 1. The number of benzene rings is 1. The van der Waals surface area contributed by atoms with Gasteiger partial charge < -0.3 is 14.5 Å². The molecule has 1 aromatic carbocycles. The SMILES string of the molecule is CN(C)[C@@H]1C[C@@H]2CN(C(=O)c3cccc4cccnc34)C[C@@H]2C[C@H]1OCC1CC1. The van der Waals surface area contributed by atoms with E-state index in [0.29, 0.717) is 24.0 Å². The summed E-state index contributed by atoms with van der Waals surface area (Å²) in [7, 11) is 4.33. The number of carbonyl (C=O) groups is 1. The maximum Gasteiger partial charge on any atom is 0.256 e. The minimum absolute atomic E-state index is 0.126. The smallest absolute Gasteiger partial charge is 0.256 e. The molecule has 4 atom stereocenters. The van der Waals surface area contributed by atoms with Crippen molar-refractivity contribution in [3.8, 4) is 0 Å². The molecule has 154 valence electrons. The summed E-state index contributed by atoms with van der Waals surface area (Å²) < 4.78 is 6.37. The molecule has 3 fully saturated rings. The van der Waals surface area contributed by atoms with Gasteiger partial charge in [-0.2, -0.15) is 0 Å². The normalized spacial score (nSPS) is 29.4. The topological polar surface area (TPSA) is 45.7 Å². The molecule has 2 aliphatic carbocycles. The van der Waals surface area contributed by atoms with Crippen molar-refractivity contribution in [3.05, 3.63) is 42.1 Å². The van der Waals surface area contributed by atoms with Crippen molar-refractivity contribution in [2.75, 3.05) is 33.8 Å². The van der Waals surface area contributed by atoms with E-state index in [1.54, 1.807) is 6.20 Å². The molecule has 1 aliphatic heterocycles. The molecule has 1 aromatic heterocycles. The van der Waals surface area contributed by atoms with Crippen molar-refractivity contribution in [1.29, 1.82) is 0 Å². The van der Waals surface area contributed by atoms with Crippen LogP contribution in [0.5, 0.6) is 0 Å². The Morgan fingerprint density at radius 3 is 2.66 bits per heavy atom. The van der Waals surface area contributed by atoms with Crippen LogP contribution < -0.4 is 0 Å². The molecule has 1 saturated heterocycles. The molecule has 0 N–H and O–H groups in total. The second-order valence-electron chi connectivity index (χ2n) is 9.43. The van der Waals surface area contributed by atoms with Gasteiger partial charge in [0.05, 0.1) is 17.2 Å². The number of likely N-dealkylation sites (N-methyl/N-ethyl adjacent to an activating group) is 1. The molecule has 0 radical (unpaired) electrons. The quantitative estimate of drug-likeness (QED) is 0.781. The summed E-state index contributed by atoms with van der Waals surface area (Å²) in [5.41, 5.74) is 1.54. The third-order valence-electron chi connectivity index (χ3n) is 7.14. The van der Waals surface area contributed by atoms with Crippen molar-refractivity contribution >= 4 is 16.8 Å². The molecule has 0 unspecified atom stereocenters. The molecule has 29 heavy (non-hydrogen) atoms. The monoisotopic (exact) mass is 393 g/mol. The predicted molar refractivity (Wildman–Crippen MR) is 114 cm³/mol. The third-order valence-corrected chi connectivity index (χ3v) is 7.14. The van der Waals surface area contributed by atoms with Gasteiger partial charge in [0, 0.05) is 37.3 Å². The number of hydrogen-bond donors (Lipinski definition) is 0. The highest BCUT2D eigenvalue weighted by Gasteiger charge is 2.45. The van der Waals surface area contributed by atoms with Gasteiger partial charge in [-0.15, -0.1) is 0 Å². The first-order valence-electron chi connectivity index (χ1n) is 11.0. The van der Waals surface area contributed by atoms with Gasteiger partial charge in [0.1, 0.15) is 0 Å². The van der Waals surface area contributed by atoms with E-state index in [1.165, 1.54) is 12.8 Å². The van der Waals surface area contributed by atoms with Crippen LogP contribution in [0.4, 0.5) is 0 Å². The number of amides is 1. The number of fused-ring (bicyclic) bond motifs is 2. The number of para-hydroxylation sites is 1. The van der Waals surface area contributed by atoms with Crippen LogP contribution in [-0.4, -0.2) is 66.6 Å². The molecular weight excluding hydrogens is 362 g/mol. The van der Waals surface area contributed by atoms with Gasteiger partial charge >= 0.3 is 0 Å². The lowest BCUT2D eigenvalue weighted by Crippen LogP contribution is -2.48. The molecule has 1 amide bonds. The molecule has 3 aliphatic rings. The number of hydrogen-bond acceptors (Lipinski definition) is 4. The average molecular weight is 394 g/mol. The summed E-state index contributed by atoms with van der Waals surface area (Å²) in [6, 6.07) is 10.3. The second-order valence-corrected chi connectivity index (χ2v) is 9.43. The fourth-order valence-corrected chi connectivity index (χ4v) is 5.27. The number of carbonyl (C=O) groups excluding carboxylic acids is 1. The van der Waals surface area contributed by atoms with Crippen LogP contribution in [0.2, 0.25) is 0 Å². The Kier molecular flexibility index (Phi) is 5.04. The largest absolute Gasteiger partial charge is 0.376 e. The number of pyridine rings is 1. The standard InChI is InChI=1S/C24H31N3O2/c1-26(2)21-11-18-13-27(14-19(18)12-22(21)29-15-16-8-9-16)24(28)20-7-3-5-17-6-4-10-25-23(17)20/h3-7,10,16,18-19,21-22H,8-9,11-15H2,1-2H3/t18-,19+,21-,22-/m1/s1. The molecule has 5 heteroatoms. The minimum atomic E-state index is 0.126. The Balaban J connectivity index is 1.32. The molecule has 5 nitrogen and oxygen atoms in total. The van der Waals surface area contributed by atoms with Gasteiger partial charge in [-0.3, -0.25) is 9.78 Å². The van der Waals surface area contributed by atoms with E-state index in [0.717, 1.165) is 54.9 Å².